The van der Waals surface area contributed by atoms with E-state index in [1.807, 2.05) is 32.1 Å². The molecule has 0 aromatic carbocycles. The quantitative estimate of drug-likeness (QED) is 0.401. The first-order valence-electron chi connectivity index (χ1n) is 3.54. The number of hydrogen-bond donors (Lipinski definition) is 0. The van der Waals surface area contributed by atoms with E-state index in [1.54, 1.807) is 0 Å². The molecule has 0 amide bonds. The molecule has 13 heavy (non-hydrogen) atoms. The van der Waals surface area contributed by atoms with Crippen LogP contribution in [-0.2, 0) is 17.1 Å². The van der Waals surface area contributed by atoms with Gasteiger partial charge < -0.3 is 0 Å². The zero-order valence-electron chi connectivity index (χ0n) is 6.73. The summed E-state index contributed by atoms with van der Waals surface area (Å²) in [5.74, 6) is 0. The summed E-state index contributed by atoms with van der Waals surface area (Å²) in [6.07, 6.45) is 16.3. The normalized spacial score (nSPS) is 23.5. The van der Waals surface area contributed by atoms with Crippen molar-refractivity contribution < 1.29 is 17.1 Å². The van der Waals surface area contributed by atoms with Crippen molar-refractivity contribution in [2.75, 3.05) is 0 Å². The van der Waals surface area contributed by atoms with Crippen LogP contribution in [0.2, 0.25) is 0 Å². The molecule has 0 saturated heterocycles. The van der Waals surface area contributed by atoms with Crippen molar-refractivity contribution >= 4 is 45.2 Å². The fourth-order valence-electron chi connectivity index (χ4n) is 0.697. The molecule has 2 saturated carbocycles. The fraction of sp³-hybridized carbons (Fsp3) is 0. The van der Waals surface area contributed by atoms with Crippen molar-refractivity contribution in [3.8, 4) is 0 Å². The van der Waals surface area contributed by atoms with Crippen LogP contribution in [0.5, 0.6) is 0 Å². The molecule has 2 aliphatic carbocycles. The molecule has 2 rings (SSSR count). The second-order valence-corrected chi connectivity index (χ2v) is 4.51. The Labute approximate surface area is 120 Å². The van der Waals surface area contributed by atoms with E-state index >= 15 is 0 Å². The van der Waals surface area contributed by atoms with E-state index < -0.39 is 0 Å². The smallest absolute Gasteiger partial charge is 0.0755 e. The zero-order valence-corrected chi connectivity index (χ0v) is 12.1. The number of halogens is 2. The maximum Gasteiger partial charge on any atom is 2.00 e. The van der Waals surface area contributed by atoms with Crippen molar-refractivity contribution in [1.29, 1.82) is 0 Å². The van der Waals surface area contributed by atoms with Gasteiger partial charge in [0.15, 0.2) is 0 Å². The minimum atomic E-state index is 0. The number of hydrogen-bond acceptors (Lipinski definition) is 0. The van der Waals surface area contributed by atoms with Gasteiger partial charge in [0.2, 0.25) is 0 Å². The van der Waals surface area contributed by atoms with Gasteiger partial charge in [-0.05, 0) is 51.4 Å². The molecule has 10 radical (unpaired) electrons. The molecule has 0 bridgehead atoms. The van der Waals surface area contributed by atoms with Crippen LogP contribution in [0.4, 0.5) is 0 Å². The first-order chi connectivity index (χ1) is 5.80. The summed E-state index contributed by atoms with van der Waals surface area (Å²) in [5.41, 5.74) is 0. The third-order valence-corrected chi connectivity index (χ3v) is 4.18. The van der Waals surface area contributed by atoms with Gasteiger partial charge in [0.1, 0.15) is 0 Å². The third-order valence-electron chi connectivity index (χ3n) is 1.27. The van der Waals surface area contributed by atoms with E-state index in [2.05, 4.69) is 64.4 Å². The molecule has 0 aromatic heterocycles. The summed E-state index contributed by atoms with van der Waals surface area (Å²) in [6, 6.07) is 0. The molecule has 0 nitrogen and oxygen atoms in total. The molecular weight excluding hydrogens is 430 g/mol. The number of rotatable bonds is 0. The molecule has 68 valence electrons. The first kappa shape index (κ1) is 15.0. The van der Waals surface area contributed by atoms with E-state index in [-0.39, 0.29) is 17.1 Å². The Morgan fingerprint density at radius 1 is 0.615 bits per heavy atom. The van der Waals surface area contributed by atoms with Gasteiger partial charge in [-0.25, -0.2) is 0 Å². The van der Waals surface area contributed by atoms with E-state index in [1.165, 1.54) is 7.85 Å². The van der Waals surface area contributed by atoms with Gasteiger partial charge in [-0.1, -0.05) is 45.2 Å². The second kappa shape index (κ2) is 9.22. The standard InChI is InChI=1S/C5H3I2.C5H5.Fe/c6-4-2-1-3-5(4)7;1-2-4-5-3-1;/h1-3H;1-5H;/q;;+2. The molecule has 0 heterocycles. The summed E-state index contributed by atoms with van der Waals surface area (Å²) in [4.78, 5) is 0. The summed E-state index contributed by atoms with van der Waals surface area (Å²) >= 11 is 4.62. The molecule has 0 unspecified atom stereocenters. The van der Waals surface area contributed by atoms with Gasteiger partial charge in [-0.2, -0.15) is 0 Å². The topological polar surface area (TPSA) is 0 Å². The molecule has 3 heteroatoms. The van der Waals surface area contributed by atoms with Crippen molar-refractivity contribution in [3.63, 3.8) is 0 Å². The van der Waals surface area contributed by atoms with Crippen LogP contribution in [0, 0.1) is 59.2 Å². The minimum absolute atomic E-state index is 0. The fourth-order valence-corrected chi connectivity index (χ4v) is 1.47. The minimum Gasteiger partial charge on any atom is -0.0755 e. The van der Waals surface area contributed by atoms with Gasteiger partial charge in [-0.15, -0.1) is 0 Å². The molecule has 0 N–H and O–H groups in total. The summed E-state index contributed by atoms with van der Waals surface area (Å²) in [5, 5.41) is 0. The van der Waals surface area contributed by atoms with Crippen molar-refractivity contribution in [3.05, 3.63) is 59.2 Å². The Kier molecular flexibility index (Phi) is 10.6. The van der Waals surface area contributed by atoms with Crippen LogP contribution in [0.15, 0.2) is 0 Å². The Hall–Kier alpha value is 1.98. The predicted octanol–water partition coefficient (Wildman–Crippen LogP) is 3.57. The molecule has 0 aromatic rings. The van der Waals surface area contributed by atoms with Crippen LogP contribution < -0.4 is 0 Å². The Morgan fingerprint density at radius 3 is 1.08 bits per heavy atom. The van der Waals surface area contributed by atoms with Gasteiger partial charge in [0.25, 0.3) is 0 Å². The van der Waals surface area contributed by atoms with Crippen LogP contribution in [0.3, 0.4) is 0 Å². The SMILES string of the molecule is I[C]1[CH][CH][CH][C]1I.[CH]1[CH][CH][CH][CH]1.[Fe+2]. The molecular formula is C10H8FeI2+2. The second-order valence-electron chi connectivity index (χ2n) is 2.18. The molecule has 2 aliphatic rings. The first-order valence-corrected chi connectivity index (χ1v) is 5.70. The summed E-state index contributed by atoms with van der Waals surface area (Å²) in [6.45, 7) is 0. The van der Waals surface area contributed by atoms with Crippen molar-refractivity contribution in [1.82, 2.24) is 0 Å². The largest absolute Gasteiger partial charge is 2.00 e. The Balaban J connectivity index is 0.000000215. The van der Waals surface area contributed by atoms with Crippen molar-refractivity contribution in [2.45, 2.75) is 0 Å². The molecule has 2 fully saturated rings. The Bertz CT molecular complexity index is 99.9. The Morgan fingerprint density at radius 2 is 0.923 bits per heavy atom. The zero-order chi connectivity index (χ0) is 8.81. The van der Waals surface area contributed by atoms with E-state index in [9.17, 15) is 0 Å². The van der Waals surface area contributed by atoms with Crippen LogP contribution in [-0.4, -0.2) is 0 Å². The van der Waals surface area contributed by atoms with Gasteiger partial charge in [0.05, 0.1) is 7.85 Å². The average Bonchev–Trinajstić information content (AvgIpc) is 2.67. The molecule has 0 aliphatic heterocycles. The van der Waals surface area contributed by atoms with E-state index in [0.717, 1.165) is 0 Å². The molecule has 0 spiro atoms. The summed E-state index contributed by atoms with van der Waals surface area (Å²) < 4.78 is 2.69. The van der Waals surface area contributed by atoms with Crippen molar-refractivity contribution in [2.24, 2.45) is 0 Å². The van der Waals surface area contributed by atoms with E-state index in [0.29, 0.717) is 0 Å². The monoisotopic (exact) mass is 438 g/mol. The van der Waals surface area contributed by atoms with Gasteiger partial charge >= 0.3 is 17.1 Å². The maximum absolute atomic E-state index is 2.31. The predicted molar refractivity (Wildman–Crippen MR) is 68.9 cm³/mol. The average molecular weight is 438 g/mol. The van der Waals surface area contributed by atoms with Crippen LogP contribution in [0.25, 0.3) is 0 Å². The third kappa shape index (κ3) is 6.96. The van der Waals surface area contributed by atoms with Crippen LogP contribution in [0.1, 0.15) is 0 Å². The van der Waals surface area contributed by atoms with Gasteiger partial charge in [-0.3, -0.25) is 0 Å². The van der Waals surface area contributed by atoms with E-state index in [4.69, 9.17) is 0 Å². The summed E-state index contributed by atoms with van der Waals surface area (Å²) in [7, 11) is 0. The molecule has 0 atom stereocenters. The maximum atomic E-state index is 2.31. The van der Waals surface area contributed by atoms with Gasteiger partial charge in [0, 0.05) is 0 Å². The van der Waals surface area contributed by atoms with Crippen LogP contribution >= 0.6 is 45.2 Å².